The van der Waals surface area contributed by atoms with Crippen molar-refractivity contribution in [2.24, 2.45) is 0 Å². The fraction of sp³-hybridized carbons (Fsp3) is 0.250. The third-order valence-electron chi connectivity index (χ3n) is 2.48. The van der Waals surface area contributed by atoms with E-state index in [9.17, 15) is 4.79 Å². The van der Waals surface area contributed by atoms with Gasteiger partial charge in [-0.05, 0) is 13.0 Å². The predicted molar refractivity (Wildman–Crippen MR) is 66.1 cm³/mol. The summed E-state index contributed by atoms with van der Waals surface area (Å²) >= 11 is 0. The van der Waals surface area contributed by atoms with Gasteiger partial charge in [0.1, 0.15) is 0 Å². The Morgan fingerprint density at radius 1 is 1.47 bits per heavy atom. The molecule has 0 aliphatic rings. The Balaban J connectivity index is 2.29. The second kappa shape index (κ2) is 5.38. The number of nitrogens with one attached hydrogen (secondary N) is 1. The van der Waals surface area contributed by atoms with E-state index in [1.807, 2.05) is 0 Å². The molecule has 1 atom stereocenters. The van der Waals surface area contributed by atoms with Crippen LogP contribution in [0.1, 0.15) is 6.92 Å². The number of H-pyrrole nitrogens is 1. The van der Waals surface area contributed by atoms with Gasteiger partial charge in [-0.1, -0.05) is 0 Å². The summed E-state index contributed by atoms with van der Waals surface area (Å²) in [6.45, 7) is 1.44. The van der Waals surface area contributed by atoms with Crippen molar-refractivity contribution >= 4 is 5.97 Å². The number of carboxylic acids is 1. The molecule has 0 amide bonds. The monoisotopic (exact) mass is 263 g/mol. The first-order valence-corrected chi connectivity index (χ1v) is 5.55. The highest BCUT2D eigenvalue weighted by atomic mass is 16.5. The number of aliphatic carboxylic acids is 1. The number of aromatic nitrogens is 3. The summed E-state index contributed by atoms with van der Waals surface area (Å²) < 4.78 is 10.4. The van der Waals surface area contributed by atoms with E-state index in [1.165, 1.54) is 20.2 Å². The molecule has 0 spiro atoms. The summed E-state index contributed by atoms with van der Waals surface area (Å²) in [5.41, 5.74) is 1.36. The zero-order valence-electron chi connectivity index (χ0n) is 10.5. The van der Waals surface area contributed by atoms with E-state index >= 15 is 0 Å². The number of nitrogens with zero attached hydrogens (tertiary/aromatic N) is 2. The first kappa shape index (κ1) is 12.9. The maximum Gasteiger partial charge on any atom is 0.344 e. The van der Waals surface area contributed by atoms with Crippen molar-refractivity contribution in [1.29, 1.82) is 0 Å². The summed E-state index contributed by atoms with van der Waals surface area (Å²) in [7, 11) is 1.48. The Hall–Kier alpha value is -2.57. The molecule has 0 saturated heterocycles. The summed E-state index contributed by atoms with van der Waals surface area (Å²) in [4.78, 5) is 14.9. The third kappa shape index (κ3) is 2.82. The average Bonchev–Trinajstić information content (AvgIpc) is 2.93. The first-order chi connectivity index (χ1) is 9.11. The SMILES string of the molecule is COc1cc(-c2ccn[nH]2)ncc1O[C@@H](C)C(=O)O. The van der Waals surface area contributed by atoms with Crippen molar-refractivity contribution in [3.05, 3.63) is 24.5 Å². The van der Waals surface area contributed by atoms with Gasteiger partial charge in [0.15, 0.2) is 17.6 Å². The molecule has 7 heteroatoms. The second-order valence-electron chi connectivity index (χ2n) is 3.79. The van der Waals surface area contributed by atoms with E-state index in [-0.39, 0.29) is 5.75 Å². The van der Waals surface area contributed by atoms with Gasteiger partial charge in [0.25, 0.3) is 0 Å². The maximum atomic E-state index is 10.8. The number of pyridine rings is 1. The van der Waals surface area contributed by atoms with Crippen LogP contribution in [-0.4, -0.2) is 39.5 Å². The Kier molecular flexibility index (Phi) is 3.65. The number of aromatic amines is 1. The number of hydrogen-bond acceptors (Lipinski definition) is 5. The van der Waals surface area contributed by atoms with Crippen LogP contribution in [-0.2, 0) is 4.79 Å². The topological polar surface area (TPSA) is 97.3 Å². The molecule has 100 valence electrons. The van der Waals surface area contributed by atoms with Crippen molar-refractivity contribution in [1.82, 2.24) is 15.2 Å². The fourth-order valence-corrected chi connectivity index (χ4v) is 1.46. The Morgan fingerprint density at radius 3 is 2.84 bits per heavy atom. The normalized spacial score (nSPS) is 11.9. The van der Waals surface area contributed by atoms with E-state index in [0.717, 1.165) is 5.69 Å². The van der Waals surface area contributed by atoms with E-state index < -0.39 is 12.1 Å². The lowest BCUT2D eigenvalue weighted by Crippen LogP contribution is -2.23. The van der Waals surface area contributed by atoms with Gasteiger partial charge in [0.2, 0.25) is 0 Å². The quantitative estimate of drug-likeness (QED) is 0.844. The highest BCUT2D eigenvalue weighted by Crippen LogP contribution is 2.30. The van der Waals surface area contributed by atoms with Gasteiger partial charge >= 0.3 is 5.97 Å². The Bertz CT molecular complexity index is 568. The van der Waals surface area contributed by atoms with Crippen LogP contribution in [0.15, 0.2) is 24.5 Å². The van der Waals surface area contributed by atoms with Crippen LogP contribution in [0.5, 0.6) is 11.5 Å². The minimum atomic E-state index is -1.06. The summed E-state index contributed by atoms with van der Waals surface area (Å²) in [5.74, 6) is -0.368. The Labute approximate surface area is 109 Å². The molecule has 0 bridgehead atoms. The zero-order chi connectivity index (χ0) is 13.8. The lowest BCUT2D eigenvalue weighted by Gasteiger charge is -2.13. The van der Waals surface area contributed by atoms with Crippen molar-refractivity contribution in [2.75, 3.05) is 7.11 Å². The highest BCUT2D eigenvalue weighted by molar-refractivity contribution is 5.72. The number of rotatable bonds is 5. The van der Waals surface area contributed by atoms with E-state index in [2.05, 4.69) is 15.2 Å². The predicted octanol–water partition coefficient (Wildman–Crippen LogP) is 1.33. The summed E-state index contributed by atoms with van der Waals surface area (Å²) in [6.07, 6.45) is 2.06. The molecule has 0 fully saturated rings. The molecule has 2 heterocycles. The zero-order valence-corrected chi connectivity index (χ0v) is 10.5. The summed E-state index contributed by atoms with van der Waals surface area (Å²) in [5, 5.41) is 15.4. The smallest absolute Gasteiger partial charge is 0.344 e. The van der Waals surface area contributed by atoms with Gasteiger partial charge in [0.05, 0.1) is 24.7 Å². The van der Waals surface area contributed by atoms with Crippen LogP contribution in [0, 0.1) is 0 Å². The average molecular weight is 263 g/mol. The number of hydrogen-bond donors (Lipinski definition) is 2. The maximum absolute atomic E-state index is 10.8. The molecule has 0 aliphatic heterocycles. The fourth-order valence-electron chi connectivity index (χ4n) is 1.46. The molecule has 2 aromatic rings. The van der Waals surface area contributed by atoms with Gasteiger partial charge in [-0.2, -0.15) is 5.10 Å². The Morgan fingerprint density at radius 2 is 2.26 bits per heavy atom. The molecule has 0 aromatic carbocycles. The van der Waals surface area contributed by atoms with E-state index in [4.69, 9.17) is 14.6 Å². The molecular formula is C12H13N3O4. The minimum Gasteiger partial charge on any atom is -0.493 e. The largest absolute Gasteiger partial charge is 0.493 e. The molecule has 7 nitrogen and oxygen atoms in total. The molecule has 2 rings (SSSR count). The van der Waals surface area contributed by atoms with Crippen LogP contribution < -0.4 is 9.47 Å². The van der Waals surface area contributed by atoms with Gasteiger partial charge in [-0.15, -0.1) is 0 Å². The number of ether oxygens (including phenoxy) is 2. The van der Waals surface area contributed by atoms with Crippen LogP contribution in [0.25, 0.3) is 11.4 Å². The van der Waals surface area contributed by atoms with Gasteiger partial charge in [0, 0.05) is 12.3 Å². The molecular weight excluding hydrogens is 250 g/mol. The number of methoxy groups -OCH3 is 1. The van der Waals surface area contributed by atoms with Gasteiger partial charge in [-0.25, -0.2) is 4.79 Å². The van der Waals surface area contributed by atoms with Crippen LogP contribution >= 0.6 is 0 Å². The molecule has 0 aliphatic carbocycles. The van der Waals surface area contributed by atoms with Crippen molar-refractivity contribution in [3.8, 4) is 22.9 Å². The van der Waals surface area contributed by atoms with Crippen molar-refractivity contribution < 1.29 is 19.4 Å². The van der Waals surface area contributed by atoms with Crippen LogP contribution in [0.2, 0.25) is 0 Å². The number of carbonyl (C=O) groups is 1. The van der Waals surface area contributed by atoms with Crippen LogP contribution in [0.4, 0.5) is 0 Å². The molecule has 2 N–H and O–H groups in total. The second-order valence-corrected chi connectivity index (χ2v) is 3.79. The lowest BCUT2D eigenvalue weighted by molar-refractivity contribution is -0.144. The third-order valence-corrected chi connectivity index (χ3v) is 2.48. The van der Waals surface area contributed by atoms with Gasteiger partial charge in [-0.3, -0.25) is 10.1 Å². The first-order valence-electron chi connectivity index (χ1n) is 5.55. The van der Waals surface area contributed by atoms with Crippen molar-refractivity contribution in [2.45, 2.75) is 13.0 Å². The van der Waals surface area contributed by atoms with Crippen LogP contribution in [0.3, 0.4) is 0 Å². The number of carboxylic acid groups (broad SMARTS) is 1. The molecule has 19 heavy (non-hydrogen) atoms. The minimum absolute atomic E-state index is 0.278. The molecule has 0 radical (unpaired) electrons. The molecule has 2 aromatic heterocycles. The van der Waals surface area contributed by atoms with E-state index in [0.29, 0.717) is 11.4 Å². The van der Waals surface area contributed by atoms with Gasteiger partial charge < -0.3 is 14.6 Å². The van der Waals surface area contributed by atoms with E-state index in [1.54, 1.807) is 18.3 Å². The molecule has 0 unspecified atom stereocenters. The highest BCUT2D eigenvalue weighted by Gasteiger charge is 2.16. The molecule has 0 saturated carbocycles. The lowest BCUT2D eigenvalue weighted by atomic mass is 10.2. The van der Waals surface area contributed by atoms with Crippen molar-refractivity contribution in [3.63, 3.8) is 0 Å². The summed E-state index contributed by atoms with van der Waals surface area (Å²) in [6, 6.07) is 3.42. The standard InChI is InChI=1S/C12H13N3O4/c1-7(12(16)17)19-11-6-13-9(5-10(11)18-2)8-3-4-14-15-8/h3-7H,1-2H3,(H,14,15)(H,16,17)/t7-/m0/s1.